The minimum Gasteiger partial charge on any atom is -0.314 e. The van der Waals surface area contributed by atoms with E-state index in [9.17, 15) is 0 Å². The Hall–Kier alpha value is -0.130. The molecule has 1 nitrogen and oxygen atoms in total. The van der Waals surface area contributed by atoms with Crippen LogP contribution in [0.1, 0.15) is 38.5 Å². The molecule has 1 saturated carbocycles. The van der Waals surface area contributed by atoms with E-state index in [2.05, 4.69) is 17.5 Å². The van der Waals surface area contributed by atoms with Crippen LogP contribution >= 0.6 is 11.8 Å². The van der Waals surface area contributed by atoms with Gasteiger partial charge in [-0.05, 0) is 44.9 Å². The summed E-state index contributed by atoms with van der Waals surface area (Å²) in [5.41, 5.74) is 0. The number of hydrogen-bond donors (Lipinski definition) is 1. The molecule has 0 aliphatic heterocycles. The number of nitrogens with one attached hydrogen (secondary N) is 1. The minimum absolute atomic E-state index is 0.760. The smallest absolute Gasteiger partial charge is 0.00981 e. The van der Waals surface area contributed by atoms with Crippen LogP contribution in [0.4, 0.5) is 0 Å². The molecule has 0 aromatic heterocycles. The monoisotopic (exact) mass is 211 g/mol. The number of unbranched alkanes of at least 4 members (excludes halogenated alkanes) is 1. The Bertz CT molecular complexity index is 177. The van der Waals surface area contributed by atoms with Crippen LogP contribution in [0.3, 0.4) is 0 Å². The molecule has 1 rings (SSSR count). The molecule has 80 valence electrons. The molecule has 0 heterocycles. The van der Waals surface area contributed by atoms with Crippen LogP contribution in [-0.2, 0) is 0 Å². The molecule has 0 amide bonds. The van der Waals surface area contributed by atoms with Gasteiger partial charge in [-0.15, -0.1) is 12.3 Å². The van der Waals surface area contributed by atoms with Gasteiger partial charge in [-0.3, -0.25) is 0 Å². The Morgan fingerprint density at radius 1 is 1.36 bits per heavy atom. The van der Waals surface area contributed by atoms with E-state index in [1.807, 2.05) is 11.8 Å². The summed E-state index contributed by atoms with van der Waals surface area (Å²) in [5, 5.41) is 4.51. The van der Waals surface area contributed by atoms with Gasteiger partial charge in [0.1, 0.15) is 0 Å². The summed E-state index contributed by atoms with van der Waals surface area (Å²) in [6.45, 7) is 1.10. The molecule has 1 N–H and O–H groups in total. The molecular formula is C12H21NS. The third-order valence-corrected chi connectivity index (χ3v) is 4.08. The Morgan fingerprint density at radius 2 is 2.07 bits per heavy atom. The molecule has 0 unspecified atom stereocenters. The van der Waals surface area contributed by atoms with Crippen molar-refractivity contribution in [3.8, 4) is 12.3 Å². The first-order valence-electron chi connectivity index (χ1n) is 5.56. The van der Waals surface area contributed by atoms with Crippen molar-refractivity contribution in [1.82, 2.24) is 5.32 Å². The fraction of sp³-hybridized carbons (Fsp3) is 0.833. The first kappa shape index (κ1) is 11.9. The van der Waals surface area contributed by atoms with Gasteiger partial charge in [-0.1, -0.05) is 0 Å². The lowest BCUT2D eigenvalue weighted by Gasteiger charge is -2.28. The Labute approximate surface area is 92.4 Å². The van der Waals surface area contributed by atoms with Crippen LogP contribution in [0.2, 0.25) is 0 Å². The molecule has 0 radical (unpaired) electrons. The fourth-order valence-electron chi connectivity index (χ4n) is 2.00. The minimum atomic E-state index is 0.760. The molecule has 0 spiro atoms. The summed E-state index contributed by atoms with van der Waals surface area (Å²) >= 11 is 2.03. The van der Waals surface area contributed by atoms with Crippen LogP contribution in [-0.4, -0.2) is 24.1 Å². The second kappa shape index (κ2) is 7.20. The van der Waals surface area contributed by atoms with E-state index in [1.54, 1.807) is 0 Å². The summed E-state index contributed by atoms with van der Waals surface area (Å²) in [6, 6.07) is 0.760. The van der Waals surface area contributed by atoms with Gasteiger partial charge in [0.15, 0.2) is 0 Å². The average molecular weight is 211 g/mol. The number of terminal acetylenes is 1. The lowest BCUT2D eigenvalue weighted by molar-refractivity contribution is 0.379. The summed E-state index contributed by atoms with van der Waals surface area (Å²) in [7, 11) is 0. The van der Waals surface area contributed by atoms with Crippen molar-refractivity contribution < 1.29 is 0 Å². The van der Waals surface area contributed by atoms with Gasteiger partial charge < -0.3 is 5.32 Å². The maximum absolute atomic E-state index is 5.20. The molecule has 0 atom stereocenters. The number of hydrogen-bond acceptors (Lipinski definition) is 2. The van der Waals surface area contributed by atoms with Crippen molar-refractivity contribution in [1.29, 1.82) is 0 Å². The van der Waals surface area contributed by atoms with Crippen LogP contribution < -0.4 is 5.32 Å². The Kier molecular flexibility index (Phi) is 6.14. The second-order valence-corrected chi connectivity index (χ2v) is 5.11. The summed E-state index contributed by atoms with van der Waals surface area (Å²) in [6.07, 6.45) is 14.9. The quantitative estimate of drug-likeness (QED) is 0.554. The highest BCUT2D eigenvalue weighted by atomic mass is 32.2. The Morgan fingerprint density at radius 3 is 2.64 bits per heavy atom. The first-order valence-corrected chi connectivity index (χ1v) is 6.85. The molecule has 1 aliphatic carbocycles. The van der Waals surface area contributed by atoms with Crippen molar-refractivity contribution >= 4 is 11.8 Å². The molecule has 0 aromatic rings. The third kappa shape index (κ3) is 4.39. The standard InChI is InChI=1S/C12H21NS/c1-3-4-5-10-13-11-6-8-12(14-2)9-7-11/h1,11-13H,4-10H2,2H3. The zero-order valence-electron chi connectivity index (χ0n) is 9.09. The van der Waals surface area contributed by atoms with Gasteiger partial charge in [0.2, 0.25) is 0 Å². The zero-order valence-corrected chi connectivity index (χ0v) is 9.91. The highest BCUT2D eigenvalue weighted by Crippen LogP contribution is 2.26. The molecular weight excluding hydrogens is 190 g/mol. The van der Waals surface area contributed by atoms with E-state index in [0.29, 0.717) is 0 Å². The van der Waals surface area contributed by atoms with Gasteiger partial charge >= 0.3 is 0 Å². The van der Waals surface area contributed by atoms with E-state index in [4.69, 9.17) is 6.42 Å². The molecule has 0 aromatic carbocycles. The van der Waals surface area contributed by atoms with E-state index < -0.39 is 0 Å². The van der Waals surface area contributed by atoms with Gasteiger partial charge in [-0.25, -0.2) is 0 Å². The summed E-state index contributed by atoms with van der Waals surface area (Å²) in [5.74, 6) is 2.68. The SMILES string of the molecule is C#CCCCNC1CCC(SC)CC1. The predicted molar refractivity (Wildman–Crippen MR) is 65.6 cm³/mol. The van der Waals surface area contributed by atoms with E-state index in [-0.39, 0.29) is 0 Å². The normalized spacial score (nSPS) is 27.1. The molecule has 0 saturated heterocycles. The zero-order chi connectivity index (χ0) is 10.2. The summed E-state index contributed by atoms with van der Waals surface area (Å²) < 4.78 is 0. The average Bonchev–Trinajstić information content (AvgIpc) is 2.25. The van der Waals surface area contributed by atoms with Crippen molar-refractivity contribution in [3.05, 3.63) is 0 Å². The van der Waals surface area contributed by atoms with Crippen molar-refractivity contribution in [2.45, 2.75) is 49.8 Å². The van der Waals surface area contributed by atoms with E-state index >= 15 is 0 Å². The van der Waals surface area contributed by atoms with Crippen LogP contribution in [0, 0.1) is 12.3 Å². The lowest BCUT2D eigenvalue weighted by atomic mass is 9.95. The van der Waals surface area contributed by atoms with Gasteiger partial charge in [0.25, 0.3) is 0 Å². The summed E-state index contributed by atoms with van der Waals surface area (Å²) in [4.78, 5) is 0. The first-order chi connectivity index (χ1) is 6.86. The fourth-order valence-corrected chi connectivity index (χ4v) is 2.74. The van der Waals surface area contributed by atoms with Crippen molar-refractivity contribution in [2.75, 3.05) is 12.8 Å². The molecule has 2 heteroatoms. The highest BCUT2D eigenvalue weighted by molar-refractivity contribution is 7.99. The maximum Gasteiger partial charge on any atom is 0.00981 e. The predicted octanol–water partition coefficient (Wildman–Crippen LogP) is 2.66. The molecule has 0 bridgehead atoms. The molecule has 1 aliphatic rings. The maximum atomic E-state index is 5.20. The second-order valence-electron chi connectivity index (χ2n) is 3.97. The van der Waals surface area contributed by atoms with Crippen molar-refractivity contribution in [3.63, 3.8) is 0 Å². The highest BCUT2D eigenvalue weighted by Gasteiger charge is 2.19. The number of rotatable bonds is 5. The number of thioether (sulfide) groups is 1. The van der Waals surface area contributed by atoms with Gasteiger partial charge in [-0.2, -0.15) is 11.8 Å². The van der Waals surface area contributed by atoms with Crippen LogP contribution in [0.25, 0.3) is 0 Å². The van der Waals surface area contributed by atoms with E-state index in [0.717, 1.165) is 30.7 Å². The topological polar surface area (TPSA) is 12.0 Å². The Balaban J connectivity index is 2.02. The van der Waals surface area contributed by atoms with E-state index in [1.165, 1.54) is 25.7 Å². The van der Waals surface area contributed by atoms with Gasteiger partial charge in [0, 0.05) is 17.7 Å². The van der Waals surface area contributed by atoms with Crippen LogP contribution in [0.5, 0.6) is 0 Å². The molecule has 14 heavy (non-hydrogen) atoms. The van der Waals surface area contributed by atoms with Gasteiger partial charge in [0.05, 0.1) is 0 Å². The molecule has 1 fully saturated rings. The lowest BCUT2D eigenvalue weighted by Crippen LogP contribution is -2.34. The third-order valence-electron chi connectivity index (χ3n) is 2.94. The largest absolute Gasteiger partial charge is 0.314 e. The van der Waals surface area contributed by atoms with Crippen molar-refractivity contribution in [2.24, 2.45) is 0 Å². The van der Waals surface area contributed by atoms with Crippen LogP contribution in [0.15, 0.2) is 0 Å².